The van der Waals surface area contributed by atoms with E-state index in [-0.39, 0.29) is 0 Å². The van der Waals surface area contributed by atoms with Crippen molar-refractivity contribution in [3.8, 4) is 0 Å². The molecule has 20 heavy (non-hydrogen) atoms. The Morgan fingerprint density at radius 1 is 0.750 bits per heavy atom. The second-order valence-electron chi connectivity index (χ2n) is 5.77. The van der Waals surface area contributed by atoms with Gasteiger partial charge in [0.25, 0.3) is 0 Å². The molecule has 0 atom stereocenters. The molecule has 0 bridgehead atoms. The first-order valence-corrected chi connectivity index (χ1v) is 8.42. The second-order valence-corrected chi connectivity index (χ2v) is 5.77. The first-order chi connectivity index (χ1) is 9.86. The van der Waals surface area contributed by atoms with Gasteiger partial charge in [-0.2, -0.15) is 0 Å². The van der Waals surface area contributed by atoms with Gasteiger partial charge in [0.2, 0.25) is 0 Å². The normalized spacial score (nSPS) is 10.7. The maximum absolute atomic E-state index is 5.36. The molecule has 1 rings (SSSR count). The highest BCUT2D eigenvalue weighted by molar-refractivity contribution is 5.43. The lowest BCUT2D eigenvalue weighted by Gasteiger charge is -2.04. The number of anilines is 1. The van der Waals surface area contributed by atoms with Crippen LogP contribution in [0.3, 0.4) is 0 Å². The summed E-state index contributed by atoms with van der Waals surface area (Å²) < 4.78 is 0. The van der Waals surface area contributed by atoms with Crippen molar-refractivity contribution in [2.75, 3.05) is 5.43 Å². The van der Waals surface area contributed by atoms with E-state index in [9.17, 15) is 0 Å². The van der Waals surface area contributed by atoms with E-state index in [1.54, 1.807) is 0 Å². The Labute approximate surface area is 125 Å². The summed E-state index contributed by atoms with van der Waals surface area (Å²) in [7, 11) is 0. The zero-order valence-electron chi connectivity index (χ0n) is 13.2. The molecule has 0 aliphatic carbocycles. The van der Waals surface area contributed by atoms with Gasteiger partial charge in [-0.05, 0) is 30.5 Å². The zero-order valence-corrected chi connectivity index (χ0v) is 13.2. The largest absolute Gasteiger partial charge is 0.324 e. The molecule has 2 nitrogen and oxygen atoms in total. The van der Waals surface area contributed by atoms with E-state index in [1.807, 2.05) is 12.1 Å². The third kappa shape index (κ3) is 8.21. The van der Waals surface area contributed by atoms with Gasteiger partial charge >= 0.3 is 0 Å². The van der Waals surface area contributed by atoms with Crippen molar-refractivity contribution in [1.82, 2.24) is 0 Å². The molecule has 0 saturated heterocycles. The molecular formula is C18H32N2. The van der Waals surface area contributed by atoms with E-state index >= 15 is 0 Å². The highest BCUT2D eigenvalue weighted by Gasteiger charge is 1.95. The highest BCUT2D eigenvalue weighted by atomic mass is 15.2. The van der Waals surface area contributed by atoms with Crippen molar-refractivity contribution in [1.29, 1.82) is 0 Å². The Bertz CT molecular complexity index is 319. The predicted octanol–water partition coefficient (Wildman–Crippen LogP) is 5.44. The highest BCUT2D eigenvalue weighted by Crippen LogP contribution is 2.13. The maximum Gasteiger partial charge on any atom is 0.0485 e. The molecule has 0 amide bonds. The van der Waals surface area contributed by atoms with Gasteiger partial charge in [-0.15, -0.1) is 0 Å². The maximum atomic E-state index is 5.36. The van der Waals surface area contributed by atoms with Crippen LogP contribution in [0.5, 0.6) is 0 Å². The molecule has 1 aromatic carbocycles. The Balaban J connectivity index is 1.91. The lowest BCUT2D eigenvalue weighted by Crippen LogP contribution is -2.06. The Kier molecular flexibility index (Phi) is 10.0. The summed E-state index contributed by atoms with van der Waals surface area (Å²) in [6.45, 7) is 2.28. The molecule has 2 heteroatoms. The molecular weight excluding hydrogens is 244 g/mol. The molecule has 0 aliphatic heterocycles. The molecule has 1 aromatic rings. The fourth-order valence-corrected chi connectivity index (χ4v) is 2.58. The molecule has 114 valence electrons. The first-order valence-electron chi connectivity index (χ1n) is 8.42. The van der Waals surface area contributed by atoms with Crippen LogP contribution in [-0.2, 0) is 6.42 Å². The fraction of sp³-hybridized carbons (Fsp3) is 0.667. The number of rotatable bonds is 12. The number of benzene rings is 1. The quantitative estimate of drug-likeness (QED) is 0.303. The molecule has 3 N–H and O–H groups in total. The standard InChI is InChI=1S/C18H32N2/c1-2-3-4-5-6-7-8-9-10-11-12-17-13-15-18(20-19)16-14-17/h13-16,20H,2-12,19H2,1H3. The van der Waals surface area contributed by atoms with Crippen LogP contribution in [0.4, 0.5) is 5.69 Å². The van der Waals surface area contributed by atoms with Gasteiger partial charge in [0.15, 0.2) is 0 Å². The van der Waals surface area contributed by atoms with Crippen molar-refractivity contribution in [2.45, 2.75) is 77.6 Å². The summed E-state index contributed by atoms with van der Waals surface area (Å²) in [6, 6.07) is 8.43. The predicted molar refractivity (Wildman–Crippen MR) is 89.8 cm³/mol. The molecule has 0 aromatic heterocycles. The van der Waals surface area contributed by atoms with Crippen LogP contribution in [0.1, 0.15) is 76.7 Å². The van der Waals surface area contributed by atoms with Crippen LogP contribution < -0.4 is 11.3 Å². The second kappa shape index (κ2) is 11.8. The summed E-state index contributed by atoms with van der Waals surface area (Å²) in [5, 5.41) is 0. The number of aryl methyl sites for hydroxylation is 1. The van der Waals surface area contributed by atoms with Gasteiger partial charge in [-0.25, -0.2) is 0 Å². The van der Waals surface area contributed by atoms with E-state index in [0.29, 0.717) is 0 Å². The van der Waals surface area contributed by atoms with Gasteiger partial charge in [0, 0.05) is 5.69 Å². The summed E-state index contributed by atoms with van der Waals surface area (Å²) in [6.07, 6.45) is 15.2. The van der Waals surface area contributed by atoms with Crippen LogP contribution in [0.15, 0.2) is 24.3 Å². The zero-order chi connectivity index (χ0) is 14.5. The summed E-state index contributed by atoms with van der Waals surface area (Å²) in [4.78, 5) is 0. The van der Waals surface area contributed by atoms with E-state index in [2.05, 4.69) is 24.5 Å². The average molecular weight is 276 g/mol. The van der Waals surface area contributed by atoms with Crippen LogP contribution in [0.2, 0.25) is 0 Å². The number of nitrogens with one attached hydrogen (secondary N) is 1. The number of hydrogen-bond donors (Lipinski definition) is 2. The number of nitrogen functional groups attached to an aromatic ring is 1. The van der Waals surface area contributed by atoms with Crippen LogP contribution >= 0.6 is 0 Å². The fourth-order valence-electron chi connectivity index (χ4n) is 2.58. The summed E-state index contributed by atoms with van der Waals surface area (Å²) >= 11 is 0. The van der Waals surface area contributed by atoms with Gasteiger partial charge in [-0.3, -0.25) is 5.84 Å². The smallest absolute Gasteiger partial charge is 0.0485 e. The third-order valence-electron chi connectivity index (χ3n) is 3.94. The number of nitrogens with two attached hydrogens (primary N) is 1. The number of hydrazine groups is 1. The minimum Gasteiger partial charge on any atom is -0.324 e. The molecule has 0 unspecified atom stereocenters. The van der Waals surface area contributed by atoms with Crippen molar-refractivity contribution in [2.24, 2.45) is 5.84 Å². The molecule has 0 aliphatic rings. The summed E-state index contributed by atoms with van der Waals surface area (Å²) in [5.74, 6) is 5.36. The van der Waals surface area contributed by atoms with Crippen molar-refractivity contribution in [3.05, 3.63) is 29.8 Å². The molecule has 0 spiro atoms. The minimum atomic E-state index is 0.983. The molecule has 0 radical (unpaired) electrons. The molecule has 0 fully saturated rings. The topological polar surface area (TPSA) is 38.0 Å². The van der Waals surface area contributed by atoms with Crippen molar-refractivity contribution in [3.63, 3.8) is 0 Å². The van der Waals surface area contributed by atoms with Gasteiger partial charge < -0.3 is 5.43 Å². The van der Waals surface area contributed by atoms with Crippen LogP contribution in [0.25, 0.3) is 0 Å². The molecule has 0 saturated carbocycles. The van der Waals surface area contributed by atoms with E-state index < -0.39 is 0 Å². The van der Waals surface area contributed by atoms with Crippen LogP contribution in [0, 0.1) is 0 Å². The monoisotopic (exact) mass is 276 g/mol. The number of hydrogen-bond acceptors (Lipinski definition) is 2. The van der Waals surface area contributed by atoms with E-state index in [1.165, 1.54) is 76.2 Å². The van der Waals surface area contributed by atoms with Crippen molar-refractivity contribution >= 4 is 5.69 Å². The Morgan fingerprint density at radius 3 is 1.75 bits per heavy atom. The van der Waals surface area contributed by atoms with E-state index in [0.717, 1.165) is 5.69 Å². The Morgan fingerprint density at radius 2 is 1.25 bits per heavy atom. The van der Waals surface area contributed by atoms with E-state index in [4.69, 9.17) is 5.84 Å². The molecule has 0 heterocycles. The SMILES string of the molecule is CCCCCCCCCCCCc1ccc(NN)cc1. The lowest BCUT2D eigenvalue weighted by atomic mass is 10.0. The third-order valence-corrected chi connectivity index (χ3v) is 3.94. The average Bonchev–Trinajstić information content (AvgIpc) is 2.50. The van der Waals surface area contributed by atoms with Crippen LogP contribution in [-0.4, -0.2) is 0 Å². The number of unbranched alkanes of at least 4 members (excludes halogenated alkanes) is 9. The minimum absolute atomic E-state index is 0.983. The van der Waals surface area contributed by atoms with Gasteiger partial charge in [0.05, 0.1) is 0 Å². The van der Waals surface area contributed by atoms with Gasteiger partial charge in [0.1, 0.15) is 0 Å². The first kappa shape index (κ1) is 17.0. The Hall–Kier alpha value is -1.02. The van der Waals surface area contributed by atoms with Crippen molar-refractivity contribution < 1.29 is 0 Å². The summed E-state index contributed by atoms with van der Waals surface area (Å²) in [5.41, 5.74) is 5.07. The van der Waals surface area contributed by atoms with Gasteiger partial charge in [-0.1, -0.05) is 76.8 Å². The lowest BCUT2D eigenvalue weighted by molar-refractivity contribution is 0.556.